The van der Waals surface area contributed by atoms with Crippen molar-refractivity contribution in [3.63, 3.8) is 0 Å². The van der Waals surface area contributed by atoms with Crippen LogP contribution in [0.3, 0.4) is 0 Å². The smallest absolute Gasteiger partial charge is 0.244 e. The van der Waals surface area contributed by atoms with Crippen LogP contribution in [0.25, 0.3) is 66.4 Å². The summed E-state index contributed by atoms with van der Waals surface area (Å²) in [5, 5.41) is 8.12. The van der Waals surface area contributed by atoms with Crippen molar-refractivity contribution in [3.05, 3.63) is 291 Å². The lowest BCUT2D eigenvalue weighted by Gasteiger charge is -2.45. The van der Waals surface area contributed by atoms with Crippen LogP contribution in [0.4, 0.5) is 17.1 Å². The molecule has 2 heterocycles. The number of para-hydroxylation sites is 2. The van der Waals surface area contributed by atoms with E-state index < -0.39 is 8.07 Å². The van der Waals surface area contributed by atoms with Crippen LogP contribution in [-0.2, 0) is 0 Å². The molecule has 0 fully saturated rings. The number of nitrogens with zero attached hydrogens (tertiary/aromatic N) is 1. The molecule has 0 spiro atoms. The lowest BCUT2D eigenvalue weighted by atomic mass is 9.37. The lowest BCUT2D eigenvalue weighted by Crippen LogP contribution is -2.77. The number of benzene rings is 12. The summed E-state index contributed by atoms with van der Waals surface area (Å²) in [4.78, 5) is 2.49. The summed E-state index contributed by atoms with van der Waals surface area (Å²) in [7, 11) is -2.70. The van der Waals surface area contributed by atoms with E-state index in [1.807, 2.05) is 0 Å². The molecular weight excluding hydrogens is 894 g/mol. The summed E-state index contributed by atoms with van der Waals surface area (Å²) >= 11 is 0. The van der Waals surface area contributed by atoms with Gasteiger partial charge in [0, 0.05) is 17.1 Å². The van der Waals surface area contributed by atoms with Crippen molar-refractivity contribution in [2.75, 3.05) is 4.90 Å². The Bertz CT molecular complexity index is 3900. The van der Waals surface area contributed by atoms with Gasteiger partial charge < -0.3 is 4.90 Å². The van der Waals surface area contributed by atoms with Crippen molar-refractivity contribution in [3.8, 4) is 55.6 Å². The molecule has 1 nitrogen and oxygen atoms in total. The number of anilines is 3. The Hall–Kier alpha value is -9.02. The number of rotatable bonds is 8. The molecule has 0 aromatic heterocycles. The first kappa shape index (κ1) is 42.8. The maximum Gasteiger partial charge on any atom is 0.244 e. The molecule has 0 amide bonds. The highest BCUT2D eigenvalue weighted by molar-refractivity contribution is 7.21. The summed E-state index contributed by atoms with van der Waals surface area (Å²) in [6, 6.07) is 109. The van der Waals surface area contributed by atoms with Crippen LogP contribution in [0.1, 0.15) is 0 Å². The van der Waals surface area contributed by atoms with Crippen molar-refractivity contribution < 1.29 is 0 Å². The molecule has 73 heavy (non-hydrogen) atoms. The van der Waals surface area contributed by atoms with Gasteiger partial charge in [-0.3, -0.25) is 0 Å². The minimum atomic E-state index is -2.70. The van der Waals surface area contributed by atoms with Crippen LogP contribution in [0.5, 0.6) is 0 Å². The van der Waals surface area contributed by atoms with E-state index in [0.29, 0.717) is 0 Å². The van der Waals surface area contributed by atoms with Gasteiger partial charge >= 0.3 is 0 Å². The van der Waals surface area contributed by atoms with Crippen molar-refractivity contribution in [2.45, 2.75) is 0 Å². The zero-order chi connectivity index (χ0) is 48.3. The van der Waals surface area contributed by atoms with Gasteiger partial charge in [-0.1, -0.05) is 283 Å². The largest absolute Gasteiger partial charge is 0.311 e. The van der Waals surface area contributed by atoms with Gasteiger partial charge in [-0.15, -0.1) is 0 Å². The summed E-state index contributed by atoms with van der Waals surface area (Å²) in [5.74, 6) is 0. The minimum Gasteiger partial charge on any atom is -0.311 e. The Morgan fingerprint density at radius 3 is 1.25 bits per heavy atom. The third-order valence-electron chi connectivity index (χ3n) is 15.6. The maximum absolute atomic E-state index is 2.70. The van der Waals surface area contributed by atoms with Crippen molar-refractivity contribution in [1.82, 2.24) is 0 Å². The van der Waals surface area contributed by atoms with Gasteiger partial charge in [0.05, 0.1) is 0 Å². The monoisotopic (exact) mass is 941 g/mol. The fourth-order valence-electron chi connectivity index (χ4n) is 12.6. The SMILES string of the molecule is c1ccc(-c2cccc3c2B(c2ccc(-c4ccc(N5c6ccccc6[Si](c6ccccc6)(c6ccccc6)c6ccccc65)cc4)cc2)c2c-3c(-c3ccccc3)c3ccccc3c2-c2ccccc2)cc1. The average Bonchev–Trinajstić information content (AvgIpc) is 3.82. The van der Waals surface area contributed by atoms with Crippen molar-refractivity contribution >= 4 is 79.8 Å². The van der Waals surface area contributed by atoms with Crippen LogP contribution in [-0.4, -0.2) is 14.8 Å². The molecule has 2 aliphatic heterocycles. The van der Waals surface area contributed by atoms with Gasteiger partial charge in [-0.05, 0) is 111 Å². The second-order valence-electron chi connectivity index (χ2n) is 19.4. The summed E-state index contributed by atoms with van der Waals surface area (Å²) < 4.78 is 0. The minimum absolute atomic E-state index is 0.0261. The Morgan fingerprint density at radius 2 is 0.699 bits per heavy atom. The van der Waals surface area contributed by atoms with Crippen LogP contribution in [0.15, 0.2) is 291 Å². The predicted molar refractivity (Wildman–Crippen MR) is 314 cm³/mol. The molecule has 12 aromatic carbocycles. The lowest BCUT2D eigenvalue weighted by molar-refractivity contribution is 1.29. The molecule has 0 unspecified atom stereocenters. The standard InChI is InChI=1S/C70H48BNSi/c1-6-23-51(24-7-1)58-35-22-36-61-68-66(52-25-8-2-9-26-52)59-33-16-17-34-60(59)67(53-27-10-3-11-28-53)70(68)71(69(58)61)54-45-41-49(42-46-54)50-43-47-55(48-44-50)72-62-37-18-20-39-64(62)73(56-29-12-4-13-30-56,57-31-14-5-15-32-57)65-40-21-19-38-63(65)72/h1-48H. The Morgan fingerprint density at radius 1 is 0.274 bits per heavy atom. The second kappa shape index (κ2) is 17.7. The van der Waals surface area contributed by atoms with Crippen LogP contribution in [0.2, 0.25) is 0 Å². The normalized spacial score (nSPS) is 13.0. The fraction of sp³-hybridized carbons (Fsp3) is 0. The Labute approximate surface area is 429 Å². The fourth-order valence-corrected chi connectivity index (χ4v) is 17.8. The van der Waals surface area contributed by atoms with E-state index in [2.05, 4.69) is 296 Å². The number of fused-ring (bicyclic) bond motifs is 6. The molecule has 0 radical (unpaired) electrons. The van der Waals surface area contributed by atoms with Crippen LogP contribution < -0.4 is 42.0 Å². The molecule has 12 aromatic rings. The number of hydrogen-bond acceptors (Lipinski definition) is 1. The number of hydrogen-bond donors (Lipinski definition) is 0. The van der Waals surface area contributed by atoms with E-state index in [9.17, 15) is 0 Å². The van der Waals surface area contributed by atoms with E-state index in [1.54, 1.807) is 0 Å². The highest BCUT2D eigenvalue weighted by Gasteiger charge is 2.48. The van der Waals surface area contributed by atoms with Gasteiger partial charge in [0.25, 0.3) is 0 Å². The molecule has 0 saturated carbocycles. The highest BCUT2D eigenvalue weighted by atomic mass is 28.3. The quantitative estimate of drug-likeness (QED) is 0.137. The second-order valence-corrected chi connectivity index (χ2v) is 23.1. The van der Waals surface area contributed by atoms with E-state index >= 15 is 0 Å². The van der Waals surface area contributed by atoms with E-state index in [1.165, 1.54) is 115 Å². The van der Waals surface area contributed by atoms with Gasteiger partial charge in [0.1, 0.15) is 0 Å². The Balaban J connectivity index is 0.915. The maximum atomic E-state index is 2.49. The molecule has 14 rings (SSSR count). The van der Waals surface area contributed by atoms with E-state index in [4.69, 9.17) is 0 Å². The Kier molecular flexibility index (Phi) is 10.4. The highest BCUT2D eigenvalue weighted by Crippen LogP contribution is 2.45. The first-order valence-electron chi connectivity index (χ1n) is 25.5. The average molecular weight is 942 g/mol. The molecule has 2 aliphatic rings. The molecule has 0 atom stereocenters. The van der Waals surface area contributed by atoms with Gasteiger partial charge in [-0.25, -0.2) is 0 Å². The van der Waals surface area contributed by atoms with Gasteiger partial charge in [0.15, 0.2) is 8.07 Å². The topological polar surface area (TPSA) is 3.24 Å². The molecular formula is C70H48BNSi. The van der Waals surface area contributed by atoms with Crippen molar-refractivity contribution in [2.24, 2.45) is 0 Å². The zero-order valence-electron chi connectivity index (χ0n) is 40.2. The molecule has 0 N–H and O–H groups in total. The molecule has 0 saturated heterocycles. The van der Waals surface area contributed by atoms with Crippen LogP contribution >= 0.6 is 0 Å². The molecule has 340 valence electrons. The van der Waals surface area contributed by atoms with E-state index in [0.717, 1.165) is 5.69 Å². The zero-order valence-corrected chi connectivity index (χ0v) is 41.2. The summed E-state index contributed by atoms with van der Waals surface area (Å²) in [6.07, 6.45) is 0. The third kappa shape index (κ3) is 6.77. The van der Waals surface area contributed by atoms with Crippen LogP contribution in [0, 0.1) is 0 Å². The first-order valence-corrected chi connectivity index (χ1v) is 27.5. The summed E-state index contributed by atoms with van der Waals surface area (Å²) in [5.41, 5.74) is 20.2. The predicted octanol–water partition coefficient (Wildman–Crippen LogP) is 13.2. The van der Waals surface area contributed by atoms with Crippen molar-refractivity contribution in [1.29, 1.82) is 0 Å². The third-order valence-corrected chi connectivity index (χ3v) is 20.5. The van der Waals surface area contributed by atoms with E-state index in [-0.39, 0.29) is 6.71 Å². The molecule has 0 bridgehead atoms. The summed E-state index contributed by atoms with van der Waals surface area (Å²) in [6.45, 7) is -0.0261. The molecule has 0 aliphatic carbocycles. The first-order chi connectivity index (χ1) is 36.3. The van der Waals surface area contributed by atoms with Gasteiger partial charge in [-0.2, -0.15) is 0 Å². The van der Waals surface area contributed by atoms with Gasteiger partial charge in [0.2, 0.25) is 6.71 Å². The molecule has 3 heteroatoms.